The zero-order chi connectivity index (χ0) is 16.4. The predicted octanol–water partition coefficient (Wildman–Crippen LogP) is 1.36. The smallest absolute Gasteiger partial charge is 0.292 e. The van der Waals surface area contributed by atoms with Crippen molar-refractivity contribution in [3.63, 3.8) is 0 Å². The van der Waals surface area contributed by atoms with E-state index in [0.717, 1.165) is 10.5 Å². The Kier molecular flexibility index (Phi) is 4.16. The highest BCUT2D eigenvalue weighted by atomic mass is 19.1. The molecule has 1 aliphatic rings. The molecule has 0 bridgehead atoms. The quantitative estimate of drug-likeness (QED) is 0.866. The van der Waals surface area contributed by atoms with Crippen LogP contribution < -0.4 is 10.2 Å². The van der Waals surface area contributed by atoms with E-state index in [1.165, 1.54) is 36.4 Å². The minimum Gasteiger partial charge on any atom is -0.332 e. The van der Waals surface area contributed by atoms with Crippen LogP contribution in [0.4, 0.5) is 14.5 Å². The predicted molar refractivity (Wildman–Crippen MR) is 79.3 cm³/mol. The lowest BCUT2D eigenvalue weighted by atomic mass is 10.2. The maximum atomic E-state index is 13.0. The van der Waals surface area contributed by atoms with Gasteiger partial charge < -0.3 is 5.32 Å². The Balaban J connectivity index is 1.68. The molecule has 1 atom stereocenters. The number of carbonyl (C=O) groups is 2. The number of hydrogen-bond acceptors (Lipinski definition) is 2. The fourth-order valence-electron chi connectivity index (χ4n) is 2.60. The molecule has 0 aliphatic carbocycles. The Hall–Kier alpha value is -2.60. The van der Waals surface area contributed by atoms with Crippen molar-refractivity contribution < 1.29 is 23.7 Å². The Labute approximate surface area is 131 Å². The number of benzene rings is 2. The maximum absolute atomic E-state index is 13.0. The average Bonchev–Trinajstić information content (AvgIpc) is 2.82. The number of anilines is 1. The summed E-state index contributed by atoms with van der Waals surface area (Å²) >= 11 is 0. The molecule has 0 spiro atoms. The van der Waals surface area contributed by atoms with Crippen molar-refractivity contribution >= 4 is 17.5 Å². The van der Waals surface area contributed by atoms with E-state index < -0.39 is 11.9 Å². The molecule has 2 N–H and O–H groups in total. The third kappa shape index (κ3) is 3.27. The minimum atomic E-state index is -0.516. The molecule has 0 radical (unpaired) electrons. The van der Waals surface area contributed by atoms with Gasteiger partial charge in [-0.3, -0.25) is 9.59 Å². The van der Waals surface area contributed by atoms with Crippen LogP contribution in [0.15, 0.2) is 48.5 Å². The van der Waals surface area contributed by atoms with E-state index in [0.29, 0.717) is 12.2 Å². The van der Waals surface area contributed by atoms with Crippen LogP contribution in [0.5, 0.6) is 0 Å². The number of hydrogen-bond donors (Lipinski definition) is 1. The van der Waals surface area contributed by atoms with Crippen molar-refractivity contribution in [3.8, 4) is 0 Å². The lowest BCUT2D eigenvalue weighted by Crippen LogP contribution is -2.90. The van der Waals surface area contributed by atoms with Gasteiger partial charge in [-0.25, -0.2) is 13.7 Å². The normalized spacial score (nSPS) is 17.8. The second-order valence-electron chi connectivity index (χ2n) is 5.42. The monoisotopic (exact) mass is 317 g/mol. The molecule has 2 aromatic rings. The van der Waals surface area contributed by atoms with Gasteiger partial charge in [-0.15, -0.1) is 0 Å². The summed E-state index contributed by atoms with van der Waals surface area (Å²) < 4.78 is 25.8. The molecule has 0 saturated carbocycles. The topological polar surface area (TPSA) is 54.0 Å². The molecule has 0 unspecified atom stereocenters. The molecule has 1 heterocycles. The molecular weight excluding hydrogens is 302 g/mol. The summed E-state index contributed by atoms with van der Waals surface area (Å²) in [5.74, 6) is -1.36. The molecule has 1 saturated heterocycles. The molecule has 0 aromatic heterocycles. The summed E-state index contributed by atoms with van der Waals surface area (Å²) in [5.41, 5.74) is 1.24. The molecule has 1 fully saturated rings. The zero-order valence-electron chi connectivity index (χ0n) is 12.2. The fraction of sp³-hybridized carbons (Fsp3) is 0.176. The summed E-state index contributed by atoms with van der Waals surface area (Å²) in [6, 6.07) is 10.7. The molecular formula is C17H15F2N2O2+. The van der Waals surface area contributed by atoms with E-state index in [1.807, 2.05) is 0 Å². The van der Waals surface area contributed by atoms with Gasteiger partial charge in [0.25, 0.3) is 5.91 Å². The lowest BCUT2D eigenvalue weighted by molar-refractivity contribution is -0.690. The van der Waals surface area contributed by atoms with Gasteiger partial charge in [-0.05, 0) is 36.4 Å². The van der Waals surface area contributed by atoms with Crippen molar-refractivity contribution in [2.45, 2.75) is 19.0 Å². The molecule has 2 aromatic carbocycles. The summed E-state index contributed by atoms with van der Waals surface area (Å²) in [4.78, 5) is 25.6. The highest BCUT2D eigenvalue weighted by Gasteiger charge is 2.42. The van der Waals surface area contributed by atoms with Gasteiger partial charge in [0, 0.05) is 5.56 Å². The number of amides is 2. The van der Waals surface area contributed by atoms with E-state index in [-0.39, 0.29) is 24.1 Å². The van der Waals surface area contributed by atoms with E-state index in [9.17, 15) is 18.4 Å². The average molecular weight is 317 g/mol. The molecule has 23 heavy (non-hydrogen) atoms. The number of quaternary nitrogens is 1. The van der Waals surface area contributed by atoms with Gasteiger partial charge in [0.1, 0.15) is 18.2 Å². The Morgan fingerprint density at radius 1 is 0.957 bits per heavy atom. The van der Waals surface area contributed by atoms with Gasteiger partial charge in [-0.2, -0.15) is 0 Å². The third-order valence-corrected chi connectivity index (χ3v) is 3.82. The molecule has 118 valence electrons. The van der Waals surface area contributed by atoms with E-state index >= 15 is 0 Å². The van der Waals surface area contributed by atoms with Crippen LogP contribution in [0.3, 0.4) is 0 Å². The molecule has 4 nitrogen and oxygen atoms in total. The first-order valence-corrected chi connectivity index (χ1v) is 7.25. The first-order chi connectivity index (χ1) is 11.0. The van der Waals surface area contributed by atoms with Crippen LogP contribution in [0, 0.1) is 11.6 Å². The van der Waals surface area contributed by atoms with Crippen molar-refractivity contribution in [1.82, 2.24) is 0 Å². The SMILES string of the molecule is O=C1C[C@@H]([NH2+]Cc2ccc(F)cc2)C(=O)N1c1ccc(F)cc1. The Morgan fingerprint density at radius 2 is 1.52 bits per heavy atom. The van der Waals surface area contributed by atoms with Gasteiger partial charge >= 0.3 is 0 Å². The molecule has 3 rings (SSSR count). The number of rotatable bonds is 4. The van der Waals surface area contributed by atoms with Crippen molar-refractivity contribution in [1.29, 1.82) is 0 Å². The van der Waals surface area contributed by atoms with Gasteiger partial charge in [0.2, 0.25) is 5.91 Å². The summed E-state index contributed by atoms with van der Waals surface area (Å²) in [6.07, 6.45) is 0.0946. The highest BCUT2D eigenvalue weighted by molar-refractivity contribution is 6.21. The van der Waals surface area contributed by atoms with E-state index in [1.54, 1.807) is 17.4 Å². The highest BCUT2D eigenvalue weighted by Crippen LogP contribution is 2.21. The second-order valence-corrected chi connectivity index (χ2v) is 5.42. The van der Waals surface area contributed by atoms with Crippen LogP contribution in [0.1, 0.15) is 12.0 Å². The lowest BCUT2D eigenvalue weighted by Gasteiger charge is -2.14. The van der Waals surface area contributed by atoms with Gasteiger partial charge in [0.15, 0.2) is 6.04 Å². The first-order valence-electron chi connectivity index (χ1n) is 7.25. The zero-order valence-corrected chi connectivity index (χ0v) is 12.2. The van der Waals surface area contributed by atoms with E-state index in [4.69, 9.17) is 0 Å². The van der Waals surface area contributed by atoms with Crippen molar-refractivity contribution in [2.24, 2.45) is 0 Å². The third-order valence-electron chi connectivity index (χ3n) is 3.82. The molecule has 6 heteroatoms. The fourth-order valence-corrected chi connectivity index (χ4v) is 2.60. The van der Waals surface area contributed by atoms with Gasteiger partial charge in [-0.1, -0.05) is 12.1 Å². The first kappa shape index (κ1) is 15.3. The Morgan fingerprint density at radius 3 is 2.13 bits per heavy atom. The van der Waals surface area contributed by atoms with Gasteiger partial charge in [0.05, 0.1) is 12.1 Å². The number of imide groups is 1. The standard InChI is InChI=1S/C17H14F2N2O2/c18-12-3-1-11(2-4-12)10-20-15-9-16(22)21(17(15)23)14-7-5-13(19)6-8-14/h1-8,15,20H,9-10H2/p+1/t15-/m1/s1. The van der Waals surface area contributed by atoms with Crippen LogP contribution in [0.2, 0.25) is 0 Å². The summed E-state index contributed by atoms with van der Waals surface area (Å²) in [6.45, 7) is 0.473. The molecule has 1 aliphatic heterocycles. The largest absolute Gasteiger partial charge is 0.332 e. The van der Waals surface area contributed by atoms with Crippen LogP contribution >= 0.6 is 0 Å². The Bertz CT molecular complexity index is 729. The van der Waals surface area contributed by atoms with Crippen molar-refractivity contribution in [2.75, 3.05) is 4.90 Å². The van der Waals surface area contributed by atoms with E-state index in [2.05, 4.69) is 0 Å². The summed E-state index contributed by atoms with van der Waals surface area (Å²) in [7, 11) is 0. The van der Waals surface area contributed by atoms with Crippen LogP contribution in [-0.4, -0.2) is 17.9 Å². The molecule has 2 amide bonds. The number of nitrogens with zero attached hydrogens (tertiary/aromatic N) is 1. The van der Waals surface area contributed by atoms with Crippen LogP contribution in [-0.2, 0) is 16.1 Å². The van der Waals surface area contributed by atoms with Crippen LogP contribution in [0.25, 0.3) is 0 Å². The van der Waals surface area contributed by atoms with Crippen molar-refractivity contribution in [3.05, 3.63) is 65.7 Å². The second kappa shape index (κ2) is 6.26. The number of halogens is 2. The number of carbonyl (C=O) groups excluding carboxylic acids is 2. The maximum Gasteiger partial charge on any atom is 0.292 e. The minimum absolute atomic E-state index is 0.0946. The number of nitrogens with two attached hydrogens (primary N) is 1. The summed E-state index contributed by atoms with van der Waals surface area (Å²) in [5, 5.41) is 1.76.